The molecule has 2 rings (SSSR count). The summed E-state index contributed by atoms with van der Waals surface area (Å²) in [7, 11) is 0. The van der Waals surface area contributed by atoms with Gasteiger partial charge in [-0.3, -0.25) is 0 Å². The Morgan fingerprint density at radius 3 is 2.62 bits per heavy atom. The molecule has 0 saturated heterocycles. The summed E-state index contributed by atoms with van der Waals surface area (Å²) in [5.74, 6) is -1.29. The third-order valence-corrected chi connectivity index (χ3v) is 4.44. The van der Waals surface area contributed by atoms with Gasteiger partial charge >= 0.3 is 12.1 Å². The van der Waals surface area contributed by atoms with E-state index < -0.39 is 18.1 Å². The molecular formula is C19H25NO4. The lowest BCUT2D eigenvalue weighted by Gasteiger charge is -2.28. The summed E-state index contributed by atoms with van der Waals surface area (Å²) in [6.45, 7) is 4.16. The number of carboxylic acid groups (broad SMARTS) is 1. The molecule has 1 aromatic carbocycles. The molecule has 0 spiro atoms. The van der Waals surface area contributed by atoms with E-state index in [1.54, 1.807) is 0 Å². The highest BCUT2D eigenvalue weighted by molar-refractivity contribution is 5.80. The SMILES string of the molecule is C=C1CCCCCC[C@H]1[C@@H](NC(=O)OCc1ccccc1)C(=O)O. The molecule has 1 amide bonds. The number of hydrogen-bond donors (Lipinski definition) is 2. The van der Waals surface area contributed by atoms with Gasteiger partial charge in [-0.25, -0.2) is 9.59 Å². The van der Waals surface area contributed by atoms with Crippen LogP contribution in [0.1, 0.15) is 44.1 Å². The molecule has 1 aromatic rings. The molecule has 24 heavy (non-hydrogen) atoms. The first-order valence-electron chi connectivity index (χ1n) is 8.45. The van der Waals surface area contributed by atoms with Gasteiger partial charge < -0.3 is 15.2 Å². The average molecular weight is 331 g/mol. The molecule has 2 atom stereocenters. The molecule has 0 aliphatic heterocycles. The minimum atomic E-state index is -1.04. The zero-order valence-corrected chi connectivity index (χ0v) is 13.9. The number of carbonyl (C=O) groups excluding carboxylic acids is 1. The molecule has 1 fully saturated rings. The maximum absolute atomic E-state index is 12.0. The molecule has 5 heteroatoms. The second kappa shape index (κ2) is 9.11. The van der Waals surface area contributed by atoms with Crippen LogP contribution in [0.5, 0.6) is 0 Å². The van der Waals surface area contributed by atoms with E-state index >= 15 is 0 Å². The molecule has 2 N–H and O–H groups in total. The van der Waals surface area contributed by atoms with Gasteiger partial charge in [0.1, 0.15) is 12.6 Å². The van der Waals surface area contributed by atoms with Crippen molar-refractivity contribution in [3.8, 4) is 0 Å². The van der Waals surface area contributed by atoms with Crippen LogP contribution in [0.2, 0.25) is 0 Å². The lowest BCUT2D eigenvalue weighted by molar-refractivity contribution is -0.140. The van der Waals surface area contributed by atoms with Crippen LogP contribution < -0.4 is 5.32 Å². The molecule has 1 aliphatic rings. The van der Waals surface area contributed by atoms with Gasteiger partial charge in [-0.1, -0.05) is 61.7 Å². The molecule has 130 valence electrons. The Hall–Kier alpha value is -2.30. The molecule has 1 aliphatic carbocycles. The van der Waals surface area contributed by atoms with Crippen molar-refractivity contribution in [2.45, 2.75) is 51.2 Å². The Balaban J connectivity index is 1.95. The molecule has 1 saturated carbocycles. The predicted octanol–water partition coefficient (Wildman–Crippen LogP) is 3.89. The van der Waals surface area contributed by atoms with Crippen LogP contribution >= 0.6 is 0 Å². The number of rotatable bonds is 5. The summed E-state index contributed by atoms with van der Waals surface area (Å²) in [5.41, 5.74) is 1.76. The first-order valence-corrected chi connectivity index (χ1v) is 8.45. The summed E-state index contributed by atoms with van der Waals surface area (Å²) in [6, 6.07) is 8.30. The van der Waals surface area contributed by atoms with Crippen LogP contribution in [0.15, 0.2) is 42.5 Å². The van der Waals surface area contributed by atoms with Crippen molar-refractivity contribution in [2.24, 2.45) is 5.92 Å². The van der Waals surface area contributed by atoms with Crippen molar-refractivity contribution in [2.75, 3.05) is 0 Å². The van der Waals surface area contributed by atoms with Gasteiger partial charge in [0.2, 0.25) is 0 Å². The van der Waals surface area contributed by atoms with E-state index in [-0.39, 0.29) is 12.5 Å². The summed E-state index contributed by atoms with van der Waals surface area (Å²) >= 11 is 0. The van der Waals surface area contributed by atoms with Gasteiger partial charge in [-0.2, -0.15) is 0 Å². The molecule has 0 aromatic heterocycles. The number of aliphatic carboxylic acids is 1. The Bertz CT molecular complexity index is 570. The number of ether oxygens (including phenoxy) is 1. The summed E-state index contributed by atoms with van der Waals surface area (Å²) < 4.78 is 5.15. The topological polar surface area (TPSA) is 75.6 Å². The maximum Gasteiger partial charge on any atom is 0.408 e. The number of amides is 1. The predicted molar refractivity (Wildman–Crippen MR) is 91.5 cm³/mol. The van der Waals surface area contributed by atoms with Crippen molar-refractivity contribution in [3.63, 3.8) is 0 Å². The minimum Gasteiger partial charge on any atom is -0.480 e. The highest BCUT2D eigenvalue weighted by Crippen LogP contribution is 2.29. The second-order valence-corrected chi connectivity index (χ2v) is 6.24. The van der Waals surface area contributed by atoms with Gasteiger partial charge in [-0.05, 0) is 24.8 Å². The minimum absolute atomic E-state index is 0.116. The first kappa shape index (κ1) is 18.0. The van der Waals surface area contributed by atoms with Gasteiger partial charge in [0, 0.05) is 5.92 Å². The van der Waals surface area contributed by atoms with Crippen molar-refractivity contribution in [3.05, 3.63) is 48.0 Å². The Labute approximate surface area is 142 Å². The Morgan fingerprint density at radius 2 is 1.92 bits per heavy atom. The largest absolute Gasteiger partial charge is 0.480 e. The van der Waals surface area contributed by atoms with Gasteiger partial charge in [0.05, 0.1) is 0 Å². The third kappa shape index (κ3) is 5.41. The van der Waals surface area contributed by atoms with E-state index in [0.717, 1.165) is 49.7 Å². The number of alkyl carbamates (subject to hydrolysis) is 1. The van der Waals surface area contributed by atoms with E-state index in [2.05, 4.69) is 11.9 Å². The van der Waals surface area contributed by atoms with E-state index in [1.165, 1.54) is 0 Å². The lowest BCUT2D eigenvalue weighted by atomic mass is 9.82. The zero-order valence-electron chi connectivity index (χ0n) is 13.9. The summed E-state index contributed by atoms with van der Waals surface area (Å²) in [4.78, 5) is 23.6. The van der Waals surface area contributed by atoms with Crippen molar-refractivity contribution < 1.29 is 19.4 Å². The Kier molecular flexibility index (Phi) is 6.85. The normalized spacial score (nSPS) is 19.7. The van der Waals surface area contributed by atoms with Crippen LogP contribution in [-0.4, -0.2) is 23.2 Å². The van der Waals surface area contributed by atoms with Gasteiger partial charge in [0.15, 0.2) is 0 Å². The quantitative estimate of drug-likeness (QED) is 0.803. The fraction of sp³-hybridized carbons (Fsp3) is 0.474. The van der Waals surface area contributed by atoms with Crippen LogP contribution in [0.3, 0.4) is 0 Å². The molecule has 0 radical (unpaired) electrons. The van der Waals surface area contributed by atoms with Crippen LogP contribution in [0.25, 0.3) is 0 Å². The van der Waals surface area contributed by atoms with E-state index in [4.69, 9.17) is 4.74 Å². The monoisotopic (exact) mass is 331 g/mol. The average Bonchev–Trinajstić information content (AvgIpc) is 2.56. The number of nitrogens with one attached hydrogen (secondary N) is 1. The number of hydrogen-bond acceptors (Lipinski definition) is 3. The van der Waals surface area contributed by atoms with Crippen molar-refractivity contribution in [1.82, 2.24) is 5.32 Å². The standard InChI is InChI=1S/C19H25NO4/c1-14-9-5-2-3-8-12-16(14)17(18(21)22)20-19(23)24-13-15-10-6-4-7-11-15/h4,6-7,10-11,16-17H,1-3,5,8-9,12-13H2,(H,20,23)(H,21,22)/t16-,17-/m1/s1. The fourth-order valence-corrected chi connectivity index (χ4v) is 3.09. The fourth-order valence-electron chi connectivity index (χ4n) is 3.09. The molecule has 0 heterocycles. The van der Waals surface area contributed by atoms with Crippen molar-refractivity contribution >= 4 is 12.1 Å². The number of benzene rings is 1. The van der Waals surface area contributed by atoms with Crippen LogP contribution in [-0.2, 0) is 16.1 Å². The smallest absolute Gasteiger partial charge is 0.408 e. The number of carboxylic acids is 1. The highest BCUT2D eigenvalue weighted by atomic mass is 16.5. The summed E-state index contributed by atoms with van der Waals surface area (Å²) in [6.07, 6.45) is 5.06. The maximum atomic E-state index is 12.0. The van der Waals surface area contributed by atoms with Crippen LogP contribution in [0, 0.1) is 5.92 Å². The zero-order chi connectivity index (χ0) is 17.4. The molecule has 0 unspecified atom stereocenters. The molecular weight excluding hydrogens is 306 g/mol. The number of carbonyl (C=O) groups is 2. The summed E-state index contributed by atoms with van der Waals surface area (Å²) in [5, 5.41) is 12.0. The van der Waals surface area contributed by atoms with E-state index in [1.807, 2.05) is 30.3 Å². The second-order valence-electron chi connectivity index (χ2n) is 6.24. The third-order valence-electron chi connectivity index (χ3n) is 4.44. The molecule has 0 bridgehead atoms. The van der Waals surface area contributed by atoms with Crippen LogP contribution in [0.4, 0.5) is 4.79 Å². The highest BCUT2D eigenvalue weighted by Gasteiger charge is 2.32. The Morgan fingerprint density at radius 1 is 1.21 bits per heavy atom. The van der Waals surface area contributed by atoms with Gasteiger partial charge in [0.25, 0.3) is 0 Å². The van der Waals surface area contributed by atoms with E-state index in [9.17, 15) is 14.7 Å². The van der Waals surface area contributed by atoms with Crippen molar-refractivity contribution in [1.29, 1.82) is 0 Å². The lowest BCUT2D eigenvalue weighted by Crippen LogP contribution is -2.46. The van der Waals surface area contributed by atoms with E-state index in [0.29, 0.717) is 0 Å². The van der Waals surface area contributed by atoms with Gasteiger partial charge in [-0.15, -0.1) is 0 Å². The first-order chi connectivity index (χ1) is 11.6. The molecule has 5 nitrogen and oxygen atoms in total.